The Labute approximate surface area is 116 Å². The molecule has 0 saturated heterocycles. The van der Waals surface area contributed by atoms with E-state index in [4.69, 9.17) is 27.5 Å². The molecule has 3 N–H and O–H groups in total. The largest absolute Gasteiger partial charge is 0.493 e. The lowest BCUT2D eigenvalue weighted by molar-refractivity contribution is 0.302. The molecule has 0 fully saturated rings. The van der Waals surface area contributed by atoms with E-state index in [9.17, 15) is 0 Å². The molecule has 0 unspecified atom stereocenters. The minimum atomic E-state index is -0.0448. The van der Waals surface area contributed by atoms with Gasteiger partial charge in [0.15, 0.2) is 0 Å². The normalized spacial score (nSPS) is 10.4. The summed E-state index contributed by atoms with van der Waals surface area (Å²) in [5.41, 5.74) is 5.91. The van der Waals surface area contributed by atoms with Crippen LogP contribution < -0.4 is 10.5 Å². The highest BCUT2D eigenvalue weighted by Crippen LogP contribution is 2.22. The highest BCUT2D eigenvalue weighted by atomic mass is 35.5. The van der Waals surface area contributed by atoms with Crippen LogP contribution in [0.4, 0.5) is 0 Å². The Balaban J connectivity index is 1.83. The lowest BCUT2D eigenvalue weighted by atomic mass is 10.2. The van der Waals surface area contributed by atoms with Crippen LogP contribution in [0.15, 0.2) is 36.9 Å². The molecular weight excluding hydrogens is 264 g/mol. The first-order valence-corrected chi connectivity index (χ1v) is 6.27. The van der Waals surface area contributed by atoms with Crippen molar-refractivity contribution >= 4 is 17.4 Å². The summed E-state index contributed by atoms with van der Waals surface area (Å²) in [6, 6.07) is 5.13. The van der Waals surface area contributed by atoms with Gasteiger partial charge in [-0.2, -0.15) is 0 Å². The smallest absolute Gasteiger partial charge is 0.124 e. The van der Waals surface area contributed by atoms with Crippen molar-refractivity contribution in [2.75, 3.05) is 6.61 Å². The van der Waals surface area contributed by atoms with Gasteiger partial charge in [0.25, 0.3) is 0 Å². The summed E-state index contributed by atoms with van der Waals surface area (Å²) >= 11 is 6.01. The minimum absolute atomic E-state index is 0.0448. The van der Waals surface area contributed by atoms with Crippen molar-refractivity contribution in [3.8, 4) is 5.75 Å². The number of imidazole rings is 1. The quantitative estimate of drug-likeness (QED) is 0.483. The van der Waals surface area contributed by atoms with Gasteiger partial charge in [-0.1, -0.05) is 11.6 Å². The van der Waals surface area contributed by atoms with Crippen LogP contribution in [0.25, 0.3) is 0 Å². The molecule has 100 valence electrons. The second-order valence-corrected chi connectivity index (χ2v) is 4.47. The van der Waals surface area contributed by atoms with Crippen LogP contribution in [-0.2, 0) is 6.54 Å². The molecule has 0 spiro atoms. The first kappa shape index (κ1) is 13.4. The highest BCUT2D eigenvalue weighted by Gasteiger charge is 2.05. The van der Waals surface area contributed by atoms with Crippen molar-refractivity contribution in [3.05, 3.63) is 47.5 Å². The zero-order valence-corrected chi connectivity index (χ0v) is 11.1. The summed E-state index contributed by atoms with van der Waals surface area (Å²) in [5, 5.41) is 7.77. The van der Waals surface area contributed by atoms with Crippen molar-refractivity contribution < 1.29 is 4.74 Å². The van der Waals surface area contributed by atoms with E-state index in [1.807, 2.05) is 10.8 Å². The van der Waals surface area contributed by atoms with Gasteiger partial charge in [0.05, 0.1) is 18.0 Å². The number of hydrogen-bond acceptors (Lipinski definition) is 3. The molecule has 1 aromatic carbocycles. The number of nitrogens with zero attached hydrogens (tertiary/aromatic N) is 2. The maximum atomic E-state index is 7.34. The SMILES string of the molecule is N=C(N)c1ccc(OCCCn2ccnc2)cc1Cl. The summed E-state index contributed by atoms with van der Waals surface area (Å²) in [4.78, 5) is 3.97. The number of nitrogen functional groups attached to an aromatic ring is 1. The number of halogens is 1. The molecule has 19 heavy (non-hydrogen) atoms. The fourth-order valence-electron chi connectivity index (χ4n) is 1.66. The molecule has 2 rings (SSSR count). The number of ether oxygens (including phenoxy) is 1. The first-order chi connectivity index (χ1) is 9.16. The van der Waals surface area contributed by atoms with Crippen molar-refractivity contribution in [1.29, 1.82) is 5.41 Å². The van der Waals surface area contributed by atoms with Crippen molar-refractivity contribution in [2.24, 2.45) is 5.73 Å². The Morgan fingerprint density at radius 2 is 2.32 bits per heavy atom. The molecule has 2 aromatic rings. The topological polar surface area (TPSA) is 76.9 Å². The lowest BCUT2D eigenvalue weighted by Gasteiger charge is -2.08. The van der Waals surface area contributed by atoms with E-state index in [-0.39, 0.29) is 5.84 Å². The summed E-state index contributed by atoms with van der Waals surface area (Å²) in [6.07, 6.45) is 6.32. The van der Waals surface area contributed by atoms with Crippen molar-refractivity contribution in [1.82, 2.24) is 9.55 Å². The molecule has 1 aromatic heterocycles. The number of aromatic nitrogens is 2. The van der Waals surface area contributed by atoms with Crippen LogP contribution in [0.1, 0.15) is 12.0 Å². The zero-order valence-electron chi connectivity index (χ0n) is 10.3. The third-order valence-corrected chi connectivity index (χ3v) is 2.93. The maximum Gasteiger partial charge on any atom is 0.124 e. The number of hydrogen-bond donors (Lipinski definition) is 2. The fraction of sp³-hybridized carbons (Fsp3) is 0.231. The fourth-order valence-corrected chi connectivity index (χ4v) is 1.93. The number of benzene rings is 1. The molecule has 0 saturated carbocycles. The Morgan fingerprint density at radius 1 is 1.47 bits per heavy atom. The van der Waals surface area contributed by atoms with Gasteiger partial charge in [-0.25, -0.2) is 4.98 Å². The van der Waals surface area contributed by atoms with E-state index in [1.165, 1.54) is 0 Å². The van der Waals surface area contributed by atoms with Gasteiger partial charge < -0.3 is 15.0 Å². The predicted molar refractivity (Wildman–Crippen MR) is 74.8 cm³/mol. The number of nitrogens with two attached hydrogens (primary N) is 1. The third-order valence-electron chi connectivity index (χ3n) is 2.62. The molecule has 0 radical (unpaired) electrons. The van der Waals surface area contributed by atoms with E-state index in [1.54, 1.807) is 30.7 Å². The minimum Gasteiger partial charge on any atom is -0.493 e. The average Bonchev–Trinajstić information content (AvgIpc) is 2.87. The Kier molecular flexibility index (Phi) is 4.41. The number of nitrogens with one attached hydrogen (secondary N) is 1. The molecule has 0 aliphatic rings. The van der Waals surface area contributed by atoms with Crippen LogP contribution in [0.5, 0.6) is 5.75 Å². The standard InChI is InChI=1S/C13H15ClN4O/c14-12-8-10(2-3-11(12)13(15)16)19-7-1-5-18-6-4-17-9-18/h2-4,6,8-9H,1,5,7H2,(H3,15,16). The maximum absolute atomic E-state index is 7.34. The summed E-state index contributed by atoms with van der Waals surface area (Å²) in [6.45, 7) is 1.45. The van der Waals surface area contributed by atoms with Gasteiger partial charge in [-0.15, -0.1) is 0 Å². The monoisotopic (exact) mass is 278 g/mol. The second kappa shape index (κ2) is 6.24. The Hall–Kier alpha value is -2.01. The van der Waals surface area contributed by atoms with Crippen LogP contribution in [0, 0.1) is 5.41 Å². The molecule has 0 aliphatic carbocycles. The molecule has 0 aliphatic heterocycles. The molecule has 5 nitrogen and oxygen atoms in total. The van der Waals surface area contributed by atoms with Gasteiger partial charge in [-0.3, -0.25) is 5.41 Å². The van der Waals surface area contributed by atoms with Gasteiger partial charge in [-0.05, 0) is 24.6 Å². The van der Waals surface area contributed by atoms with E-state index in [2.05, 4.69) is 4.98 Å². The van der Waals surface area contributed by atoms with Gasteiger partial charge >= 0.3 is 0 Å². The van der Waals surface area contributed by atoms with Gasteiger partial charge in [0.1, 0.15) is 11.6 Å². The van der Waals surface area contributed by atoms with Crippen molar-refractivity contribution in [2.45, 2.75) is 13.0 Å². The van der Waals surface area contributed by atoms with Gasteiger partial charge in [0, 0.05) is 24.5 Å². The summed E-state index contributed by atoms with van der Waals surface area (Å²) in [7, 11) is 0. The first-order valence-electron chi connectivity index (χ1n) is 5.89. The number of aryl methyl sites for hydroxylation is 1. The zero-order chi connectivity index (χ0) is 13.7. The molecule has 0 atom stereocenters. The summed E-state index contributed by atoms with van der Waals surface area (Å²) in [5.74, 6) is 0.636. The molecular formula is C13H15ClN4O. The van der Waals surface area contributed by atoms with Crippen LogP contribution in [-0.4, -0.2) is 22.0 Å². The molecule has 6 heteroatoms. The number of rotatable bonds is 6. The van der Waals surface area contributed by atoms with Crippen LogP contribution >= 0.6 is 11.6 Å². The van der Waals surface area contributed by atoms with E-state index >= 15 is 0 Å². The van der Waals surface area contributed by atoms with Crippen molar-refractivity contribution in [3.63, 3.8) is 0 Å². The molecule has 0 amide bonds. The number of amidine groups is 1. The molecule has 1 heterocycles. The molecule has 0 bridgehead atoms. The summed E-state index contributed by atoms with van der Waals surface area (Å²) < 4.78 is 7.59. The Morgan fingerprint density at radius 3 is 2.95 bits per heavy atom. The van der Waals surface area contributed by atoms with Crippen LogP contribution in [0.3, 0.4) is 0 Å². The lowest BCUT2D eigenvalue weighted by Crippen LogP contribution is -2.11. The Bertz CT molecular complexity index is 554. The van der Waals surface area contributed by atoms with Gasteiger partial charge in [0.2, 0.25) is 0 Å². The van der Waals surface area contributed by atoms with E-state index < -0.39 is 0 Å². The van der Waals surface area contributed by atoms with E-state index in [0.717, 1.165) is 13.0 Å². The predicted octanol–water partition coefficient (Wildman–Crippen LogP) is 2.29. The third kappa shape index (κ3) is 3.72. The van der Waals surface area contributed by atoms with E-state index in [0.29, 0.717) is 22.9 Å². The second-order valence-electron chi connectivity index (χ2n) is 4.06. The highest BCUT2D eigenvalue weighted by molar-refractivity contribution is 6.34. The van der Waals surface area contributed by atoms with Crippen LogP contribution in [0.2, 0.25) is 5.02 Å². The average molecular weight is 279 g/mol.